The minimum Gasteiger partial charge on any atom is -0.497 e. The zero-order valence-corrected chi connectivity index (χ0v) is 46.3. The third-order valence-electron chi connectivity index (χ3n) is 17.2. The highest BCUT2D eigenvalue weighted by molar-refractivity contribution is 6.10. The number of unbranched alkanes of at least 4 members (excludes halogenated alkanes) is 3. The van der Waals surface area contributed by atoms with Gasteiger partial charge in [0.25, 0.3) is 5.91 Å². The summed E-state index contributed by atoms with van der Waals surface area (Å²) in [6, 6.07) is 49.1. The zero-order chi connectivity index (χ0) is 55.1. The SMILES string of the molecule is CCCCCC1CCC(c2ccc(-c3ccc(C(=O)Nc4ccc(-c5ccc6c7c(c8c(c6c5)-c5ccc(C(F)(F)F)cc5C8(C)C)C=CC(c5ccc(OC)cc5)(c5ccc(OCCCC)cc5)O7)c(C)c4)cc3)cc2)CC1. The number of benzene rings is 8. The van der Waals surface area contributed by atoms with E-state index in [1.54, 1.807) is 13.2 Å². The van der Waals surface area contributed by atoms with Gasteiger partial charge in [-0.15, -0.1) is 0 Å². The first kappa shape index (κ1) is 53.4. The molecule has 0 aromatic heterocycles. The maximum absolute atomic E-state index is 14.5. The van der Waals surface area contributed by atoms with Crippen molar-refractivity contribution in [1.82, 2.24) is 0 Å². The van der Waals surface area contributed by atoms with Crippen LogP contribution >= 0.6 is 0 Å². The summed E-state index contributed by atoms with van der Waals surface area (Å²) in [6.07, 6.45) is 12.2. The van der Waals surface area contributed by atoms with Crippen LogP contribution in [0.1, 0.15) is 153 Å². The highest BCUT2D eigenvalue weighted by Gasteiger charge is 2.45. The van der Waals surface area contributed by atoms with Crippen molar-refractivity contribution in [2.75, 3.05) is 19.0 Å². The fraction of sp³-hybridized carbons (Fsp3) is 0.310. The molecule has 11 rings (SSSR count). The summed E-state index contributed by atoms with van der Waals surface area (Å²) in [5.41, 5.74) is 10.8. The summed E-state index contributed by atoms with van der Waals surface area (Å²) in [5, 5.41) is 4.83. The summed E-state index contributed by atoms with van der Waals surface area (Å²) < 4.78 is 62.6. The van der Waals surface area contributed by atoms with E-state index in [9.17, 15) is 18.0 Å². The Bertz CT molecular complexity index is 3550. The first-order valence-corrected chi connectivity index (χ1v) is 28.4. The maximum atomic E-state index is 14.5. The number of methoxy groups -OCH3 is 1. The van der Waals surface area contributed by atoms with Gasteiger partial charge in [-0.3, -0.25) is 4.79 Å². The van der Waals surface area contributed by atoms with Crippen molar-refractivity contribution in [2.45, 2.75) is 122 Å². The topological polar surface area (TPSA) is 56.8 Å². The van der Waals surface area contributed by atoms with Gasteiger partial charge in [0.1, 0.15) is 17.2 Å². The molecule has 8 aromatic carbocycles. The molecule has 1 heterocycles. The Balaban J connectivity index is 0.902. The number of anilines is 1. The number of aryl methyl sites for hydroxylation is 1. The second kappa shape index (κ2) is 21.9. The molecular weight excluding hydrogens is 988 g/mol. The van der Waals surface area contributed by atoms with Crippen molar-refractivity contribution in [3.8, 4) is 50.6 Å². The molecule has 1 amide bonds. The Morgan fingerprint density at radius 1 is 0.684 bits per heavy atom. The molecule has 2 aliphatic carbocycles. The molecule has 1 unspecified atom stereocenters. The van der Waals surface area contributed by atoms with Gasteiger partial charge < -0.3 is 19.5 Å². The quantitative estimate of drug-likeness (QED) is 0.0980. The predicted octanol–water partition coefficient (Wildman–Crippen LogP) is 19.5. The first-order valence-electron chi connectivity index (χ1n) is 28.4. The van der Waals surface area contributed by atoms with Gasteiger partial charge in [-0.1, -0.05) is 145 Å². The van der Waals surface area contributed by atoms with Crippen molar-refractivity contribution in [3.63, 3.8) is 0 Å². The average molecular weight is 1060 g/mol. The number of hydrogen-bond donors (Lipinski definition) is 1. The molecule has 404 valence electrons. The maximum Gasteiger partial charge on any atom is 0.416 e. The number of ether oxygens (including phenoxy) is 3. The molecule has 0 radical (unpaired) electrons. The van der Waals surface area contributed by atoms with E-state index in [1.165, 1.54) is 69.1 Å². The molecule has 5 nitrogen and oxygen atoms in total. The van der Waals surface area contributed by atoms with E-state index in [4.69, 9.17) is 14.2 Å². The smallest absolute Gasteiger partial charge is 0.416 e. The Morgan fingerprint density at radius 3 is 1.97 bits per heavy atom. The van der Waals surface area contributed by atoms with Crippen LogP contribution in [0.3, 0.4) is 0 Å². The second-order valence-corrected chi connectivity index (χ2v) is 22.7. The number of alkyl halides is 3. The molecule has 79 heavy (non-hydrogen) atoms. The van der Waals surface area contributed by atoms with Crippen molar-refractivity contribution < 1.29 is 32.2 Å². The lowest BCUT2D eigenvalue weighted by atomic mass is 9.76. The number of amides is 1. The summed E-state index contributed by atoms with van der Waals surface area (Å²) in [5.74, 6) is 3.44. The van der Waals surface area contributed by atoms with Gasteiger partial charge in [-0.25, -0.2) is 0 Å². The van der Waals surface area contributed by atoms with Gasteiger partial charge in [0.05, 0.1) is 19.3 Å². The van der Waals surface area contributed by atoms with Crippen LogP contribution in [0.5, 0.6) is 17.2 Å². The van der Waals surface area contributed by atoms with Gasteiger partial charge in [0.2, 0.25) is 0 Å². The van der Waals surface area contributed by atoms with Crippen molar-refractivity contribution in [1.29, 1.82) is 0 Å². The van der Waals surface area contributed by atoms with Gasteiger partial charge in [0, 0.05) is 38.7 Å². The molecule has 8 aromatic rings. The standard InChI is InChI=1S/C71H70F3NO4/c1-7-9-11-12-46-13-15-47(16-14-46)48-17-19-49(20-18-48)50-21-23-51(24-22-50)68(76)75-56-31-38-59(45(3)42-56)52-25-36-60-63(43-52)65-61-37-30-55(71(72,73)74)44-64(61)69(4,5)66(65)62-39-40-70(79-67(60)62,53-26-32-57(77-6)33-27-53)54-28-34-58(35-29-54)78-41-10-8-2/h17-40,42-44,46-47H,7-16,41H2,1-6H3,(H,75,76). The van der Waals surface area contributed by atoms with Gasteiger partial charge in [-0.05, 0) is 191 Å². The lowest BCUT2D eigenvalue weighted by Crippen LogP contribution is -2.35. The lowest BCUT2D eigenvalue weighted by Gasteiger charge is -2.38. The Hall–Kier alpha value is -7.58. The lowest BCUT2D eigenvalue weighted by molar-refractivity contribution is -0.137. The number of rotatable bonds is 16. The van der Waals surface area contributed by atoms with E-state index >= 15 is 0 Å². The van der Waals surface area contributed by atoms with E-state index in [0.717, 1.165) is 96.5 Å². The molecule has 0 spiro atoms. The van der Waals surface area contributed by atoms with E-state index in [1.807, 2.05) is 112 Å². The number of nitrogens with one attached hydrogen (secondary N) is 1. The molecule has 1 atom stereocenters. The summed E-state index contributed by atoms with van der Waals surface area (Å²) in [7, 11) is 1.64. The highest BCUT2D eigenvalue weighted by Crippen LogP contribution is 2.59. The van der Waals surface area contributed by atoms with E-state index in [2.05, 4.69) is 73.8 Å². The van der Waals surface area contributed by atoms with Crippen LogP contribution in [0.4, 0.5) is 18.9 Å². The van der Waals surface area contributed by atoms with Crippen LogP contribution in [-0.4, -0.2) is 19.6 Å². The molecular formula is C71H70F3NO4. The Labute approximate surface area is 463 Å². The fourth-order valence-electron chi connectivity index (χ4n) is 12.8. The van der Waals surface area contributed by atoms with E-state index < -0.39 is 22.8 Å². The van der Waals surface area contributed by atoms with E-state index in [-0.39, 0.29) is 5.91 Å². The molecule has 1 saturated carbocycles. The second-order valence-electron chi connectivity index (χ2n) is 22.7. The van der Waals surface area contributed by atoms with Crippen LogP contribution in [0, 0.1) is 12.8 Å². The van der Waals surface area contributed by atoms with Crippen LogP contribution in [-0.2, 0) is 17.2 Å². The molecule has 1 fully saturated rings. The summed E-state index contributed by atoms with van der Waals surface area (Å²) >= 11 is 0. The third-order valence-corrected chi connectivity index (χ3v) is 17.2. The third kappa shape index (κ3) is 10.4. The highest BCUT2D eigenvalue weighted by atomic mass is 19.4. The largest absolute Gasteiger partial charge is 0.497 e. The van der Waals surface area contributed by atoms with Gasteiger partial charge in [-0.2, -0.15) is 13.2 Å². The zero-order valence-electron chi connectivity index (χ0n) is 46.3. The normalized spacial score (nSPS) is 18.1. The van der Waals surface area contributed by atoms with Crippen molar-refractivity contribution in [2.24, 2.45) is 5.92 Å². The number of fused-ring (bicyclic) bond motifs is 8. The predicted molar refractivity (Wildman–Crippen MR) is 316 cm³/mol. The number of carbonyl (C=O) groups excluding carboxylic acids is 1. The minimum atomic E-state index is -4.51. The summed E-state index contributed by atoms with van der Waals surface area (Å²) in [6.45, 7) is 11.1. The van der Waals surface area contributed by atoms with Gasteiger partial charge in [0.15, 0.2) is 5.60 Å². The molecule has 3 aliphatic rings. The fourth-order valence-corrected chi connectivity index (χ4v) is 12.8. The monoisotopic (exact) mass is 1060 g/mol. The molecule has 8 heteroatoms. The average Bonchev–Trinajstić information content (AvgIpc) is 3.80. The van der Waals surface area contributed by atoms with Crippen molar-refractivity contribution >= 4 is 28.4 Å². The molecule has 1 aliphatic heterocycles. The number of halogens is 3. The van der Waals surface area contributed by atoms with Gasteiger partial charge >= 0.3 is 6.18 Å². The number of hydrogen-bond acceptors (Lipinski definition) is 4. The molecule has 1 N–H and O–H groups in total. The Morgan fingerprint density at radius 2 is 1.33 bits per heavy atom. The first-order chi connectivity index (χ1) is 38.2. The minimum absolute atomic E-state index is 0.198. The number of carbonyl (C=O) groups is 1. The molecule has 0 bridgehead atoms. The van der Waals surface area contributed by atoms with Crippen LogP contribution in [0.25, 0.3) is 50.2 Å². The van der Waals surface area contributed by atoms with Crippen LogP contribution in [0.15, 0.2) is 158 Å². The summed E-state index contributed by atoms with van der Waals surface area (Å²) in [4.78, 5) is 13.8. The van der Waals surface area contributed by atoms with Crippen LogP contribution in [0.2, 0.25) is 0 Å². The Kier molecular flexibility index (Phi) is 14.8. The van der Waals surface area contributed by atoms with Crippen LogP contribution < -0.4 is 19.5 Å². The van der Waals surface area contributed by atoms with E-state index in [0.29, 0.717) is 40.8 Å². The van der Waals surface area contributed by atoms with Crippen molar-refractivity contribution in [3.05, 3.63) is 208 Å². The molecule has 0 saturated heterocycles.